The van der Waals surface area contributed by atoms with Crippen molar-refractivity contribution in [3.63, 3.8) is 0 Å². The highest BCUT2D eigenvalue weighted by Gasteiger charge is 2.12. The second-order valence-electron chi connectivity index (χ2n) is 6.92. The first-order valence-electron chi connectivity index (χ1n) is 9.37. The lowest BCUT2D eigenvalue weighted by atomic mass is 10.00. The Morgan fingerprint density at radius 3 is 2.79 bits per heavy atom. The van der Waals surface area contributed by atoms with Gasteiger partial charge in [0.1, 0.15) is 6.61 Å². The molecule has 1 aliphatic rings. The maximum Gasteiger partial charge on any atom is 0.307 e. The van der Waals surface area contributed by atoms with Gasteiger partial charge in [0.2, 0.25) is 5.88 Å². The minimum absolute atomic E-state index is 0.0476. The minimum atomic E-state index is -0.870. The maximum atomic E-state index is 11.2. The number of rotatable bonds is 2. The van der Waals surface area contributed by atoms with Crippen molar-refractivity contribution in [2.24, 2.45) is 0 Å². The van der Waals surface area contributed by atoms with Crippen LogP contribution in [0.2, 0.25) is 5.02 Å². The summed E-state index contributed by atoms with van der Waals surface area (Å²) in [6, 6.07) is 17.0. The number of halogens is 1. The summed E-state index contributed by atoms with van der Waals surface area (Å²) in [6.45, 7) is 1.22. The van der Waals surface area contributed by atoms with Crippen LogP contribution >= 0.6 is 11.6 Å². The molecule has 0 aliphatic carbocycles. The van der Waals surface area contributed by atoms with Crippen LogP contribution in [-0.2, 0) is 35.6 Å². The van der Waals surface area contributed by atoms with Crippen LogP contribution in [0.1, 0.15) is 22.3 Å². The normalized spacial score (nSPS) is 13.7. The minimum Gasteiger partial charge on any atom is -0.481 e. The number of fused-ring (bicyclic) bond motifs is 6. The SMILES string of the molecule is O=C(O)Cc1ccc2cc1COCCc1cc(Cl)ccc1COc1cccc-2n1. The first-order valence-corrected chi connectivity index (χ1v) is 9.75. The van der Waals surface area contributed by atoms with Gasteiger partial charge in [-0.15, -0.1) is 0 Å². The average Bonchev–Trinajstić information content (AvgIpc) is 2.71. The largest absolute Gasteiger partial charge is 0.481 e. The van der Waals surface area contributed by atoms with E-state index in [0.29, 0.717) is 37.1 Å². The van der Waals surface area contributed by atoms with Gasteiger partial charge < -0.3 is 14.6 Å². The number of carboxylic acid groups (broad SMARTS) is 1. The summed E-state index contributed by atoms with van der Waals surface area (Å²) in [6.07, 6.45) is 0.634. The van der Waals surface area contributed by atoms with Gasteiger partial charge in [-0.25, -0.2) is 4.98 Å². The molecule has 6 heteroatoms. The van der Waals surface area contributed by atoms with Crippen molar-refractivity contribution in [1.29, 1.82) is 0 Å². The molecule has 0 unspecified atom stereocenters. The van der Waals surface area contributed by atoms with Crippen LogP contribution in [-0.4, -0.2) is 22.7 Å². The number of aromatic nitrogens is 1. The summed E-state index contributed by atoms with van der Waals surface area (Å²) < 4.78 is 11.8. The lowest BCUT2D eigenvalue weighted by molar-refractivity contribution is -0.136. The van der Waals surface area contributed by atoms with Crippen molar-refractivity contribution in [2.45, 2.75) is 26.1 Å². The smallest absolute Gasteiger partial charge is 0.307 e. The number of hydrogen-bond donors (Lipinski definition) is 1. The molecule has 3 aromatic rings. The van der Waals surface area contributed by atoms with E-state index in [9.17, 15) is 9.90 Å². The Morgan fingerprint density at radius 2 is 1.93 bits per heavy atom. The number of pyridine rings is 1. The Bertz CT molecular complexity index is 1050. The van der Waals surface area contributed by atoms with Gasteiger partial charge in [0.05, 0.1) is 25.3 Å². The van der Waals surface area contributed by atoms with Gasteiger partial charge in [-0.1, -0.05) is 35.9 Å². The molecule has 0 saturated carbocycles. The van der Waals surface area contributed by atoms with Crippen molar-refractivity contribution >= 4 is 17.6 Å². The van der Waals surface area contributed by atoms with Crippen LogP contribution in [0.15, 0.2) is 54.6 Å². The molecule has 0 amide bonds. The summed E-state index contributed by atoms with van der Waals surface area (Å²) in [4.78, 5) is 15.8. The molecule has 0 spiro atoms. The highest BCUT2D eigenvalue weighted by atomic mass is 35.5. The number of aliphatic carboxylic acids is 1. The van der Waals surface area contributed by atoms with E-state index >= 15 is 0 Å². The molecule has 1 N–H and O–H groups in total. The van der Waals surface area contributed by atoms with E-state index < -0.39 is 5.97 Å². The van der Waals surface area contributed by atoms with E-state index in [-0.39, 0.29) is 6.42 Å². The molecular formula is C23H20ClNO4. The van der Waals surface area contributed by atoms with Gasteiger partial charge in [0.25, 0.3) is 0 Å². The van der Waals surface area contributed by atoms with Crippen LogP contribution in [0.3, 0.4) is 0 Å². The zero-order valence-electron chi connectivity index (χ0n) is 15.7. The lowest BCUT2D eigenvalue weighted by Gasteiger charge is -2.15. The van der Waals surface area contributed by atoms with Crippen molar-refractivity contribution in [2.75, 3.05) is 6.61 Å². The molecule has 0 fully saturated rings. The predicted molar refractivity (Wildman–Crippen MR) is 110 cm³/mol. The topological polar surface area (TPSA) is 68.7 Å². The fraction of sp³-hybridized carbons (Fsp3) is 0.217. The molecule has 0 saturated heterocycles. The fourth-order valence-corrected chi connectivity index (χ4v) is 3.59. The van der Waals surface area contributed by atoms with Crippen LogP contribution in [0.5, 0.6) is 5.88 Å². The van der Waals surface area contributed by atoms with Crippen LogP contribution in [0.25, 0.3) is 11.3 Å². The van der Waals surface area contributed by atoms with Gasteiger partial charge in [0, 0.05) is 16.7 Å². The molecule has 5 nitrogen and oxygen atoms in total. The van der Waals surface area contributed by atoms with Gasteiger partial charge >= 0.3 is 5.97 Å². The maximum absolute atomic E-state index is 11.2. The summed E-state index contributed by atoms with van der Waals surface area (Å²) >= 11 is 6.17. The first kappa shape index (κ1) is 19.4. The van der Waals surface area contributed by atoms with Gasteiger partial charge in [-0.2, -0.15) is 0 Å². The Hall–Kier alpha value is -2.89. The van der Waals surface area contributed by atoms with E-state index in [1.165, 1.54) is 0 Å². The summed E-state index contributed by atoms with van der Waals surface area (Å²) in [5.74, 6) is -0.335. The number of carbonyl (C=O) groups is 1. The van der Waals surface area contributed by atoms with E-state index in [0.717, 1.165) is 33.5 Å². The second kappa shape index (κ2) is 8.64. The third-order valence-electron chi connectivity index (χ3n) is 4.88. The predicted octanol–water partition coefficient (Wildman–Crippen LogP) is 4.68. The molecule has 2 heterocycles. The molecule has 29 heavy (non-hydrogen) atoms. The lowest BCUT2D eigenvalue weighted by Crippen LogP contribution is -2.08. The molecule has 1 aliphatic heterocycles. The Labute approximate surface area is 173 Å². The van der Waals surface area contributed by atoms with E-state index in [1.807, 2.05) is 54.6 Å². The highest BCUT2D eigenvalue weighted by Crippen LogP contribution is 2.26. The quantitative estimate of drug-likeness (QED) is 0.665. The fourth-order valence-electron chi connectivity index (χ4n) is 3.39. The first-order chi connectivity index (χ1) is 14.1. The molecule has 0 atom stereocenters. The number of ether oxygens (including phenoxy) is 2. The van der Waals surface area contributed by atoms with Crippen molar-refractivity contribution in [1.82, 2.24) is 4.98 Å². The number of hydrogen-bond acceptors (Lipinski definition) is 4. The molecule has 2 aromatic carbocycles. The van der Waals surface area contributed by atoms with Crippen LogP contribution < -0.4 is 4.74 Å². The summed E-state index contributed by atoms with van der Waals surface area (Å²) in [7, 11) is 0. The molecule has 1 aromatic heterocycles. The van der Waals surface area contributed by atoms with Gasteiger partial charge in [-0.3, -0.25) is 4.79 Å². The third kappa shape index (κ3) is 4.75. The van der Waals surface area contributed by atoms with Crippen molar-refractivity contribution < 1.29 is 19.4 Å². The van der Waals surface area contributed by atoms with E-state index in [4.69, 9.17) is 21.1 Å². The van der Waals surface area contributed by atoms with Crippen LogP contribution in [0, 0.1) is 0 Å². The van der Waals surface area contributed by atoms with Crippen molar-refractivity contribution in [3.8, 4) is 17.1 Å². The third-order valence-corrected chi connectivity index (χ3v) is 5.12. The number of benzene rings is 2. The Balaban J connectivity index is 1.73. The summed E-state index contributed by atoms with van der Waals surface area (Å²) in [5, 5.41) is 9.88. The summed E-state index contributed by atoms with van der Waals surface area (Å²) in [5.41, 5.74) is 5.34. The Morgan fingerprint density at radius 1 is 1.03 bits per heavy atom. The standard InChI is InChI=1S/C23H20ClNO4/c24-20-7-6-18-14-29-22-3-1-2-21(25-22)17-5-4-15(12-23(26)27)19(10-17)13-28-9-8-16(18)11-20/h1-7,10-11H,8-9,12-14H2,(H,26,27). The molecule has 0 radical (unpaired) electrons. The molecule has 4 bridgehead atoms. The molecular weight excluding hydrogens is 390 g/mol. The van der Waals surface area contributed by atoms with E-state index in [1.54, 1.807) is 0 Å². The zero-order valence-corrected chi connectivity index (χ0v) is 16.5. The van der Waals surface area contributed by atoms with Crippen LogP contribution in [0.4, 0.5) is 0 Å². The molecule has 4 rings (SSSR count). The second-order valence-corrected chi connectivity index (χ2v) is 7.36. The van der Waals surface area contributed by atoms with Gasteiger partial charge in [-0.05, 0) is 52.9 Å². The van der Waals surface area contributed by atoms with Crippen molar-refractivity contribution in [3.05, 3.63) is 81.9 Å². The molecule has 148 valence electrons. The highest BCUT2D eigenvalue weighted by molar-refractivity contribution is 6.30. The van der Waals surface area contributed by atoms with E-state index in [2.05, 4.69) is 4.98 Å². The average molecular weight is 410 g/mol. The monoisotopic (exact) mass is 409 g/mol. The Kier molecular flexibility index (Phi) is 5.79. The zero-order chi connectivity index (χ0) is 20.2. The number of nitrogens with zero attached hydrogens (tertiary/aromatic N) is 1. The van der Waals surface area contributed by atoms with Gasteiger partial charge in [0.15, 0.2) is 0 Å². The number of carboxylic acids is 1.